The van der Waals surface area contributed by atoms with Crippen molar-refractivity contribution in [3.63, 3.8) is 0 Å². The van der Waals surface area contributed by atoms with Crippen molar-refractivity contribution in [2.75, 3.05) is 5.33 Å². The molecule has 0 spiro atoms. The van der Waals surface area contributed by atoms with Crippen LogP contribution in [0.2, 0.25) is 0 Å². The first-order valence-electron chi connectivity index (χ1n) is 24.3. The molecule has 10 rings (SSSR count). The van der Waals surface area contributed by atoms with E-state index < -0.39 is 22.9 Å². The summed E-state index contributed by atoms with van der Waals surface area (Å²) in [6.45, 7) is 11.4. The fourth-order valence-electron chi connectivity index (χ4n) is 16.5. The lowest BCUT2D eigenvalue weighted by atomic mass is 9.49. The zero-order valence-electron chi connectivity index (χ0n) is 37.9. The molecule has 8 saturated carbocycles. The van der Waals surface area contributed by atoms with Gasteiger partial charge in [-0.3, -0.25) is 19.4 Å². The van der Waals surface area contributed by atoms with E-state index in [1.807, 2.05) is 37.8 Å². The SMILES string of the molecule is C[C@@]1(O)CC[C@H]2[C@H](CC[C@@H]3[C@@H]2CC[C@]2(C)[C@@H](C(=O)CBr)CC[C@@H]32)C1.Cc1cnn(CC(=O)[C@H]2CC[C@H]3[C@@H]4CC[C@@H]5C[C@](C)(O)CC[C@@H]5[C@H]4CC[C@]23C)c1.FC(F)(F)c1cn[nH]c1. The van der Waals surface area contributed by atoms with Crippen LogP contribution >= 0.6 is 15.9 Å². The van der Waals surface area contributed by atoms with E-state index in [4.69, 9.17) is 0 Å². The Balaban J connectivity index is 0.000000144. The summed E-state index contributed by atoms with van der Waals surface area (Å²) in [5.74, 6) is 9.36. The number of aliphatic hydroxyl groups is 2. The van der Waals surface area contributed by atoms with E-state index in [9.17, 15) is 33.0 Å². The largest absolute Gasteiger partial charge is 0.419 e. The molecule has 0 radical (unpaired) electrons. The smallest absolute Gasteiger partial charge is 0.390 e. The van der Waals surface area contributed by atoms with Crippen LogP contribution in [0.4, 0.5) is 13.2 Å². The van der Waals surface area contributed by atoms with Crippen molar-refractivity contribution < 1.29 is 33.0 Å². The summed E-state index contributed by atoms with van der Waals surface area (Å²) in [4.78, 5) is 25.7. The van der Waals surface area contributed by atoms with Crippen molar-refractivity contribution in [1.82, 2.24) is 20.0 Å². The number of aromatic nitrogens is 4. The summed E-state index contributed by atoms with van der Waals surface area (Å²) in [6.07, 6.45) is 22.6. The Morgan fingerprint density at radius 2 is 1.21 bits per heavy atom. The third-order valence-electron chi connectivity index (χ3n) is 19.3. The minimum Gasteiger partial charge on any atom is -0.390 e. The van der Waals surface area contributed by atoms with Gasteiger partial charge in [0.05, 0.1) is 41.0 Å². The maximum absolute atomic E-state index is 13.3. The maximum Gasteiger partial charge on any atom is 0.419 e. The van der Waals surface area contributed by atoms with Gasteiger partial charge in [-0.25, -0.2) is 0 Å². The fourth-order valence-corrected chi connectivity index (χ4v) is 16.9. The highest BCUT2D eigenvalue weighted by molar-refractivity contribution is 9.09. The van der Waals surface area contributed by atoms with E-state index >= 15 is 0 Å². The van der Waals surface area contributed by atoms with Gasteiger partial charge in [-0.2, -0.15) is 23.4 Å². The number of Topliss-reactive ketones (excluding diaryl/α,β-unsaturated/α-hetero) is 2. The molecular weight excluding hydrogens is 857 g/mol. The van der Waals surface area contributed by atoms with E-state index in [1.165, 1.54) is 77.0 Å². The van der Waals surface area contributed by atoms with Gasteiger partial charge in [0.25, 0.3) is 0 Å². The maximum atomic E-state index is 13.3. The number of hydrogen-bond donors (Lipinski definition) is 3. The van der Waals surface area contributed by atoms with E-state index in [0.29, 0.717) is 29.4 Å². The Hall–Kier alpha value is -2.05. The number of H-pyrrole nitrogens is 1. The lowest BCUT2D eigenvalue weighted by Crippen LogP contribution is -2.51. The number of halogens is 4. The molecule has 0 bridgehead atoms. The number of hydrogen-bond acceptors (Lipinski definition) is 6. The second kappa shape index (κ2) is 17.6. The Morgan fingerprint density at radius 3 is 1.63 bits per heavy atom. The van der Waals surface area contributed by atoms with E-state index in [0.717, 1.165) is 116 Å². The van der Waals surface area contributed by atoms with Gasteiger partial charge in [-0.1, -0.05) is 29.8 Å². The molecule has 8 aliphatic rings. The topological polar surface area (TPSA) is 121 Å². The Labute approximate surface area is 376 Å². The van der Waals surface area contributed by atoms with Gasteiger partial charge in [-0.15, -0.1) is 0 Å². The average Bonchev–Trinajstić information content (AvgIpc) is 4.03. The normalized spacial score (nSPS) is 44.4. The molecule has 0 saturated heterocycles. The third kappa shape index (κ3) is 9.07. The number of carbonyl (C=O) groups excluding carboxylic acids is 2. The van der Waals surface area contributed by atoms with Gasteiger partial charge in [0.1, 0.15) is 5.78 Å². The predicted molar refractivity (Wildman–Crippen MR) is 237 cm³/mol. The minimum atomic E-state index is -4.27. The van der Waals surface area contributed by atoms with Crippen molar-refractivity contribution in [1.29, 1.82) is 0 Å². The monoisotopic (exact) mass is 930 g/mol. The number of nitrogens with one attached hydrogen (secondary N) is 1. The molecular formula is C50H74BrF3N4O4. The standard InChI is InChI=1S/C25H38N2O2.C21H33BrO2.C4H3F3N2/c1-16-13-26-27(14-16)15-23(28)22-7-6-21-20-5-4-17-12-24(2,29)10-8-18(17)19(20)9-11-25(21,22)3;1-20(24)9-7-14-13(11-20)3-4-16-15(14)8-10-21(2)17(16)5-6-18(21)19(23)12-22;5-4(6,7)3-1-8-9-2-3/h13-14,17-22,29H,4-12,15H2,1-3H3;13-18,24H,3-12H2,1-2H3;1-2H,(H,8,9)/t17-,18+,19-,20-,21+,22-,24-,25+;13-,14+,15-,16-,17+,18-,20-,21+;/m11./s1. The number of nitrogens with zero attached hydrogens (tertiary/aromatic N) is 3. The van der Waals surface area contributed by atoms with Gasteiger partial charge >= 0.3 is 6.18 Å². The van der Waals surface area contributed by atoms with Crippen LogP contribution in [0.5, 0.6) is 0 Å². The van der Waals surface area contributed by atoms with Crippen LogP contribution in [0.1, 0.15) is 154 Å². The molecule has 0 aliphatic heterocycles. The number of aromatic amines is 1. The quantitative estimate of drug-likeness (QED) is 0.257. The molecule has 0 unspecified atom stereocenters. The zero-order valence-corrected chi connectivity index (χ0v) is 39.5. The molecule has 2 aromatic rings. The molecule has 16 atom stereocenters. The molecule has 3 N–H and O–H groups in total. The van der Waals surface area contributed by atoms with Gasteiger partial charge < -0.3 is 10.2 Å². The number of carbonyl (C=O) groups is 2. The van der Waals surface area contributed by atoms with Crippen LogP contribution in [0, 0.1) is 88.8 Å². The average molecular weight is 932 g/mol. The molecule has 346 valence electrons. The fraction of sp³-hybridized carbons (Fsp3) is 0.840. The highest BCUT2D eigenvalue weighted by Crippen LogP contribution is 2.66. The van der Waals surface area contributed by atoms with Crippen LogP contribution in [0.3, 0.4) is 0 Å². The molecule has 8 nitrogen and oxygen atoms in total. The van der Waals surface area contributed by atoms with Crippen LogP contribution in [0.15, 0.2) is 24.8 Å². The summed E-state index contributed by atoms with van der Waals surface area (Å²) >= 11 is 3.42. The Morgan fingerprint density at radius 1 is 0.710 bits per heavy atom. The summed E-state index contributed by atoms with van der Waals surface area (Å²) < 4.78 is 36.5. The van der Waals surface area contributed by atoms with E-state index in [1.54, 1.807) is 0 Å². The number of fused-ring (bicyclic) bond motifs is 10. The summed E-state index contributed by atoms with van der Waals surface area (Å²) in [5.41, 5.74) is -0.0309. The first-order valence-corrected chi connectivity index (χ1v) is 25.5. The second-order valence-electron chi connectivity index (χ2n) is 23.0. The van der Waals surface area contributed by atoms with E-state index in [-0.39, 0.29) is 16.7 Å². The van der Waals surface area contributed by atoms with Crippen molar-refractivity contribution in [2.24, 2.45) is 81.8 Å². The van der Waals surface area contributed by atoms with Gasteiger partial charge in [0.15, 0.2) is 5.78 Å². The van der Waals surface area contributed by atoms with Crippen molar-refractivity contribution in [3.8, 4) is 0 Å². The number of ketones is 2. The van der Waals surface area contributed by atoms with Gasteiger partial charge in [-0.05, 0) is 212 Å². The van der Waals surface area contributed by atoms with E-state index in [2.05, 4.69) is 45.1 Å². The van der Waals surface area contributed by atoms with Crippen LogP contribution in [-0.2, 0) is 22.3 Å². The molecule has 0 amide bonds. The van der Waals surface area contributed by atoms with Gasteiger partial charge in [0, 0.05) is 24.2 Å². The van der Waals surface area contributed by atoms with Gasteiger partial charge in [0.2, 0.25) is 0 Å². The summed E-state index contributed by atoms with van der Waals surface area (Å²) in [6, 6.07) is 0. The minimum absolute atomic E-state index is 0.188. The first kappa shape index (κ1) is 46.5. The number of rotatable bonds is 5. The van der Waals surface area contributed by atoms with Crippen LogP contribution in [-0.4, -0.2) is 58.3 Å². The van der Waals surface area contributed by atoms with Crippen LogP contribution < -0.4 is 0 Å². The summed E-state index contributed by atoms with van der Waals surface area (Å²) in [5, 5.41) is 31.2. The molecule has 62 heavy (non-hydrogen) atoms. The molecule has 8 aliphatic carbocycles. The highest BCUT2D eigenvalue weighted by Gasteiger charge is 2.60. The molecule has 12 heteroatoms. The number of aryl methyl sites for hydroxylation is 1. The molecule has 2 heterocycles. The predicted octanol–water partition coefficient (Wildman–Crippen LogP) is 11.2. The van der Waals surface area contributed by atoms with Crippen molar-refractivity contribution in [3.05, 3.63) is 35.9 Å². The van der Waals surface area contributed by atoms with Crippen molar-refractivity contribution >= 4 is 27.5 Å². The molecule has 8 fully saturated rings. The lowest BCUT2D eigenvalue weighted by Gasteiger charge is -2.56. The lowest BCUT2D eigenvalue weighted by molar-refractivity contribution is -0.137. The zero-order chi connectivity index (χ0) is 44.4. The third-order valence-corrected chi connectivity index (χ3v) is 19.8. The Bertz CT molecular complexity index is 1880. The van der Waals surface area contributed by atoms with Crippen molar-refractivity contribution in [2.45, 2.75) is 174 Å². The Kier molecular flexibility index (Phi) is 13.2. The highest BCUT2D eigenvalue weighted by atomic mass is 79.9. The molecule has 0 aromatic carbocycles. The first-order chi connectivity index (χ1) is 29.2. The molecule has 2 aromatic heterocycles. The van der Waals surface area contributed by atoms with Crippen LogP contribution in [0.25, 0.3) is 0 Å². The second-order valence-corrected chi connectivity index (χ2v) is 23.5. The number of alkyl halides is 4. The summed E-state index contributed by atoms with van der Waals surface area (Å²) in [7, 11) is 0.